The molecule has 0 bridgehead atoms. The number of amides is 2. The first-order valence-electron chi connectivity index (χ1n) is 9.02. The van der Waals surface area contributed by atoms with Crippen LogP contribution in [0.3, 0.4) is 0 Å². The molecule has 6 nitrogen and oxygen atoms in total. The molecule has 0 unspecified atom stereocenters. The molecule has 2 aromatic carbocycles. The number of hydrogen-bond donors (Lipinski definition) is 2. The van der Waals surface area contributed by atoms with Crippen molar-refractivity contribution in [3.63, 3.8) is 0 Å². The summed E-state index contributed by atoms with van der Waals surface area (Å²) in [6.45, 7) is 6.40. The summed E-state index contributed by atoms with van der Waals surface area (Å²) in [6, 6.07) is 12.5. The maximum Gasteiger partial charge on any atom is 0.276 e. The zero-order valence-corrected chi connectivity index (χ0v) is 16.0. The van der Waals surface area contributed by atoms with Crippen LogP contribution in [0.1, 0.15) is 41.3 Å². The molecule has 2 rings (SSSR count). The second-order valence-electron chi connectivity index (χ2n) is 6.22. The largest absolute Gasteiger partial charge is 0.494 e. The van der Waals surface area contributed by atoms with Gasteiger partial charge in [-0.25, -0.2) is 0 Å². The summed E-state index contributed by atoms with van der Waals surface area (Å²) in [5.41, 5.74) is 7.20. The van der Waals surface area contributed by atoms with Gasteiger partial charge >= 0.3 is 0 Å². The molecule has 0 spiro atoms. The van der Waals surface area contributed by atoms with Crippen molar-refractivity contribution in [2.24, 2.45) is 0 Å². The van der Waals surface area contributed by atoms with E-state index in [2.05, 4.69) is 17.8 Å². The van der Waals surface area contributed by atoms with E-state index in [0.717, 1.165) is 24.0 Å². The highest BCUT2D eigenvalue weighted by atomic mass is 16.5. The molecule has 0 saturated carbocycles. The molecule has 144 valence electrons. The average molecular weight is 370 g/mol. The molecular weight excluding hydrogens is 344 g/mol. The average Bonchev–Trinajstić information content (AvgIpc) is 2.67. The Morgan fingerprint density at radius 1 is 1.00 bits per heavy atom. The van der Waals surface area contributed by atoms with Crippen LogP contribution in [0.15, 0.2) is 42.5 Å². The van der Waals surface area contributed by atoms with Gasteiger partial charge in [-0.1, -0.05) is 31.5 Å². The molecule has 0 fully saturated rings. The third kappa shape index (κ3) is 6.33. The van der Waals surface area contributed by atoms with E-state index in [1.54, 1.807) is 30.3 Å². The number of unbranched alkanes of at least 4 members (excludes halogenated alkanes) is 1. The first-order valence-corrected chi connectivity index (χ1v) is 9.02. The number of aryl methyl sites for hydroxylation is 1. The van der Waals surface area contributed by atoms with Crippen LogP contribution in [-0.4, -0.2) is 25.0 Å². The quantitative estimate of drug-likeness (QED) is 0.552. The Hall–Kier alpha value is -3.02. The minimum Gasteiger partial charge on any atom is -0.494 e. The summed E-state index contributed by atoms with van der Waals surface area (Å²) in [6.07, 6.45) is 1.99. The molecule has 0 radical (unpaired) electrons. The van der Waals surface area contributed by atoms with Crippen molar-refractivity contribution in [1.29, 1.82) is 0 Å². The predicted octanol–water partition coefficient (Wildman–Crippen LogP) is 3.32. The molecule has 0 atom stereocenters. The summed E-state index contributed by atoms with van der Waals surface area (Å²) in [5, 5.41) is 0. The van der Waals surface area contributed by atoms with Crippen molar-refractivity contribution in [3.05, 3.63) is 59.2 Å². The van der Waals surface area contributed by atoms with Gasteiger partial charge in [-0.3, -0.25) is 20.4 Å². The normalized spacial score (nSPS) is 10.2. The Morgan fingerprint density at radius 2 is 1.78 bits per heavy atom. The molecule has 0 aliphatic rings. The lowest BCUT2D eigenvalue weighted by Crippen LogP contribution is -2.43. The van der Waals surface area contributed by atoms with Crippen molar-refractivity contribution in [2.75, 3.05) is 13.2 Å². The molecule has 0 heterocycles. The van der Waals surface area contributed by atoms with E-state index in [9.17, 15) is 9.59 Å². The summed E-state index contributed by atoms with van der Waals surface area (Å²) in [7, 11) is 0. The van der Waals surface area contributed by atoms with Gasteiger partial charge in [-0.05, 0) is 55.7 Å². The van der Waals surface area contributed by atoms with Crippen LogP contribution in [0.2, 0.25) is 0 Å². The lowest BCUT2D eigenvalue weighted by Gasteiger charge is -2.12. The number of hydrazine groups is 1. The molecule has 0 aromatic heterocycles. The van der Waals surface area contributed by atoms with Gasteiger partial charge in [0.05, 0.1) is 6.61 Å². The van der Waals surface area contributed by atoms with Gasteiger partial charge in [0.2, 0.25) is 0 Å². The number of ether oxygens (including phenoxy) is 2. The fourth-order valence-electron chi connectivity index (χ4n) is 2.32. The fourth-order valence-corrected chi connectivity index (χ4v) is 2.32. The Bertz CT molecular complexity index is 790. The van der Waals surface area contributed by atoms with E-state index < -0.39 is 11.8 Å². The van der Waals surface area contributed by atoms with E-state index in [0.29, 0.717) is 23.7 Å². The topological polar surface area (TPSA) is 76.7 Å². The first-order chi connectivity index (χ1) is 13.0. The summed E-state index contributed by atoms with van der Waals surface area (Å²) in [4.78, 5) is 24.1. The van der Waals surface area contributed by atoms with Crippen molar-refractivity contribution in [3.8, 4) is 11.5 Å². The number of hydrogen-bond acceptors (Lipinski definition) is 4. The molecule has 2 amide bonds. The number of carbonyl (C=O) groups excluding carboxylic acids is 2. The monoisotopic (exact) mass is 370 g/mol. The zero-order valence-electron chi connectivity index (χ0n) is 16.0. The predicted molar refractivity (Wildman–Crippen MR) is 104 cm³/mol. The summed E-state index contributed by atoms with van der Waals surface area (Å²) in [5.74, 6) is 0.407. The second kappa shape index (κ2) is 10.2. The molecule has 0 saturated heterocycles. The standard InChI is InChI=1S/C21H26N2O4/c1-4-5-12-26-18-10-7-9-17(13-18)21(25)23-22-20(24)14-27-19-11-6-8-15(2)16(19)3/h6-11,13H,4-5,12,14H2,1-3H3,(H,22,24)(H,23,25). The highest BCUT2D eigenvalue weighted by Crippen LogP contribution is 2.20. The lowest BCUT2D eigenvalue weighted by molar-refractivity contribution is -0.123. The smallest absolute Gasteiger partial charge is 0.276 e. The van der Waals surface area contributed by atoms with Gasteiger partial charge in [0.1, 0.15) is 11.5 Å². The van der Waals surface area contributed by atoms with E-state index in [-0.39, 0.29) is 6.61 Å². The van der Waals surface area contributed by atoms with E-state index >= 15 is 0 Å². The third-order valence-corrected chi connectivity index (χ3v) is 4.09. The SMILES string of the molecule is CCCCOc1cccc(C(=O)NNC(=O)COc2cccc(C)c2C)c1. The Balaban J connectivity index is 1.81. The highest BCUT2D eigenvalue weighted by molar-refractivity contribution is 5.95. The number of benzene rings is 2. The van der Waals surface area contributed by atoms with Crippen LogP contribution in [-0.2, 0) is 4.79 Å². The van der Waals surface area contributed by atoms with Crippen LogP contribution in [0, 0.1) is 13.8 Å². The van der Waals surface area contributed by atoms with Crippen LogP contribution >= 0.6 is 0 Å². The maximum absolute atomic E-state index is 12.2. The van der Waals surface area contributed by atoms with Gasteiger partial charge in [-0.2, -0.15) is 0 Å². The van der Waals surface area contributed by atoms with Crippen molar-refractivity contribution in [1.82, 2.24) is 10.9 Å². The maximum atomic E-state index is 12.2. The Kier molecular flexibility index (Phi) is 7.67. The second-order valence-corrected chi connectivity index (χ2v) is 6.22. The minimum absolute atomic E-state index is 0.190. The van der Waals surface area contributed by atoms with Crippen LogP contribution in [0.4, 0.5) is 0 Å². The lowest BCUT2D eigenvalue weighted by atomic mass is 10.1. The van der Waals surface area contributed by atoms with E-state index in [1.165, 1.54) is 0 Å². The van der Waals surface area contributed by atoms with E-state index in [4.69, 9.17) is 9.47 Å². The van der Waals surface area contributed by atoms with Gasteiger partial charge in [0.15, 0.2) is 6.61 Å². The molecule has 2 aromatic rings. The highest BCUT2D eigenvalue weighted by Gasteiger charge is 2.10. The summed E-state index contributed by atoms with van der Waals surface area (Å²) < 4.78 is 11.1. The van der Waals surface area contributed by atoms with Gasteiger partial charge < -0.3 is 9.47 Å². The third-order valence-electron chi connectivity index (χ3n) is 4.09. The molecule has 27 heavy (non-hydrogen) atoms. The molecular formula is C21H26N2O4. The van der Waals surface area contributed by atoms with Crippen molar-refractivity contribution < 1.29 is 19.1 Å². The Labute approximate surface area is 159 Å². The van der Waals surface area contributed by atoms with E-state index in [1.807, 2.05) is 26.0 Å². The van der Waals surface area contributed by atoms with Crippen molar-refractivity contribution in [2.45, 2.75) is 33.6 Å². The van der Waals surface area contributed by atoms with Crippen LogP contribution in [0.5, 0.6) is 11.5 Å². The van der Waals surface area contributed by atoms with Crippen LogP contribution < -0.4 is 20.3 Å². The van der Waals surface area contributed by atoms with Gasteiger partial charge in [0, 0.05) is 5.56 Å². The molecule has 0 aliphatic carbocycles. The molecule has 2 N–H and O–H groups in total. The van der Waals surface area contributed by atoms with Gasteiger partial charge in [0.25, 0.3) is 11.8 Å². The van der Waals surface area contributed by atoms with Crippen LogP contribution in [0.25, 0.3) is 0 Å². The zero-order chi connectivity index (χ0) is 19.6. The Morgan fingerprint density at radius 3 is 2.56 bits per heavy atom. The number of carbonyl (C=O) groups is 2. The number of rotatable bonds is 8. The minimum atomic E-state index is -0.445. The van der Waals surface area contributed by atoms with Crippen molar-refractivity contribution >= 4 is 11.8 Å². The molecule has 0 aliphatic heterocycles. The fraction of sp³-hybridized carbons (Fsp3) is 0.333. The summed E-state index contributed by atoms with van der Waals surface area (Å²) >= 11 is 0. The van der Waals surface area contributed by atoms with Gasteiger partial charge in [-0.15, -0.1) is 0 Å². The number of nitrogens with one attached hydrogen (secondary N) is 2. The first kappa shape index (κ1) is 20.3. The molecule has 6 heteroatoms.